The van der Waals surface area contributed by atoms with Crippen molar-refractivity contribution >= 4 is 0 Å². The summed E-state index contributed by atoms with van der Waals surface area (Å²) in [5.41, 5.74) is -0.417. The fraction of sp³-hybridized carbons (Fsp3) is 1.00. The molecular weight excluding hydrogens is 162 g/mol. The number of aliphatic hydroxyl groups is 1. The molecule has 2 heterocycles. The van der Waals surface area contributed by atoms with Gasteiger partial charge in [0.15, 0.2) is 0 Å². The Hall–Kier alpha value is -0.0800. The smallest absolute Gasteiger partial charge is 0.0725 e. The van der Waals surface area contributed by atoms with Crippen molar-refractivity contribution < 1.29 is 5.11 Å². The highest BCUT2D eigenvalue weighted by atomic mass is 16.3. The number of fused-ring (bicyclic) bond motifs is 2. The van der Waals surface area contributed by atoms with Gasteiger partial charge in [-0.25, -0.2) is 0 Å². The van der Waals surface area contributed by atoms with E-state index < -0.39 is 5.60 Å². The Morgan fingerprint density at radius 1 is 1.15 bits per heavy atom. The van der Waals surface area contributed by atoms with Crippen molar-refractivity contribution in [1.82, 2.24) is 5.32 Å². The molecule has 2 aliphatic heterocycles. The number of hydrogen-bond acceptors (Lipinski definition) is 2. The predicted molar refractivity (Wildman–Crippen MR) is 53.6 cm³/mol. The maximum atomic E-state index is 10.5. The Kier molecular flexibility index (Phi) is 1.97. The van der Waals surface area contributed by atoms with E-state index in [1.54, 1.807) is 0 Å². The minimum Gasteiger partial charge on any atom is -0.389 e. The van der Waals surface area contributed by atoms with E-state index in [4.69, 9.17) is 0 Å². The zero-order valence-corrected chi connectivity index (χ0v) is 8.93. The van der Waals surface area contributed by atoms with Gasteiger partial charge in [-0.05, 0) is 31.1 Å². The summed E-state index contributed by atoms with van der Waals surface area (Å²) in [7, 11) is 0. The standard InChI is InChI=1S/C11H21NO/c1-10(2,3)11(13)6-8-4-5-9(7-11)12-8/h8-9,12-13H,4-7H2,1-3H3/t8-,9+,11?. The predicted octanol–water partition coefficient (Wildman–Crippen LogP) is 1.68. The molecule has 2 heteroatoms. The Morgan fingerprint density at radius 2 is 1.62 bits per heavy atom. The first-order chi connectivity index (χ1) is 5.91. The highest BCUT2D eigenvalue weighted by Gasteiger charge is 2.48. The lowest BCUT2D eigenvalue weighted by atomic mass is 9.69. The molecule has 0 aromatic rings. The van der Waals surface area contributed by atoms with Gasteiger partial charge in [0.05, 0.1) is 5.60 Å². The zero-order valence-electron chi connectivity index (χ0n) is 8.93. The Balaban J connectivity index is 2.17. The van der Waals surface area contributed by atoms with Gasteiger partial charge in [-0.15, -0.1) is 0 Å². The second-order valence-corrected chi connectivity index (χ2v) is 5.83. The van der Waals surface area contributed by atoms with Gasteiger partial charge in [0.2, 0.25) is 0 Å². The van der Waals surface area contributed by atoms with Crippen molar-refractivity contribution in [3.05, 3.63) is 0 Å². The largest absolute Gasteiger partial charge is 0.389 e. The van der Waals surface area contributed by atoms with Crippen LogP contribution in [0.2, 0.25) is 0 Å². The third-order valence-electron chi connectivity index (χ3n) is 3.90. The minimum absolute atomic E-state index is 0.0238. The van der Waals surface area contributed by atoms with E-state index in [0.717, 1.165) is 12.8 Å². The average molecular weight is 183 g/mol. The van der Waals surface area contributed by atoms with Gasteiger partial charge in [-0.3, -0.25) is 0 Å². The number of piperidine rings is 1. The topological polar surface area (TPSA) is 32.3 Å². The zero-order chi connectivity index (χ0) is 9.69. The van der Waals surface area contributed by atoms with Crippen molar-refractivity contribution in [3.63, 3.8) is 0 Å². The van der Waals surface area contributed by atoms with Crippen LogP contribution in [-0.2, 0) is 0 Å². The fourth-order valence-corrected chi connectivity index (χ4v) is 2.74. The van der Waals surface area contributed by atoms with E-state index in [2.05, 4.69) is 26.1 Å². The first-order valence-electron chi connectivity index (χ1n) is 5.39. The summed E-state index contributed by atoms with van der Waals surface area (Å²) in [6.07, 6.45) is 4.38. The molecule has 0 saturated carbocycles. The van der Waals surface area contributed by atoms with Gasteiger partial charge in [0.25, 0.3) is 0 Å². The van der Waals surface area contributed by atoms with E-state index in [1.807, 2.05) is 0 Å². The normalized spacial score (nSPS) is 45.2. The monoisotopic (exact) mass is 183 g/mol. The molecular formula is C11H21NO. The van der Waals surface area contributed by atoms with Crippen molar-refractivity contribution in [3.8, 4) is 0 Å². The van der Waals surface area contributed by atoms with E-state index in [1.165, 1.54) is 12.8 Å². The number of rotatable bonds is 0. The quantitative estimate of drug-likeness (QED) is 0.599. The van der Waals surface area contributed by atoms with Gasteiger partial charge in [0, 0.05) is 12.1 Å². The van der Waals surface area contributed by atoms with Crippen LogP contribution in [0.15, 0.2) is 0 Å². The minimum atomic E-state index is -0.440. The molecule has 13 heavy (non-hydrogen) atoms. The lowest BCUT2D eigenvalue weighted by Crippen LogP contribution is -2.54. The summed E-state index contributed by atoms with van der Waals surface area (Å²) < 4.78 is 0. The van der Waals surface area contributed by atoms with Crippen LogP contribution in [0.4, 0.5) is 0 Å². The average Bonchev–Trinajstić information content (AvgIpc) is 2.28. The van der Waals surface area contributed by atoms with Crippen LogP contribution in [0.3, 0.4) is 0 Å². The van der Waals surface area contributed by atoms with E-state index in [0.29, 0.717) is 12.1 Å². The molecule has 0 aliphatic carbocycles. The molecule has 0 radical (unpaired) electrons. The van der Waals surface area contributed by atoms with Gasteiger partial charge < -0.3 is 10.4 Å². The Morgan fingerprint density at radius 3 is 2.00 bits per heavy atom. The van der Waals surface area contributed by atoms with Gasteiger partial charge in [-0.1, -0.05) is 20.8 Å². The van der Waals surface area contributed by atoms with E-state index >= 15 is 0 Å². The van der Waals surface area contributed by atoms with Gasteiger partial charge in [-0.2, -0.15) is 0 Å². The molecule has 76 valence electrons. The molecule has 2 rings (SSSR count). The summed E-state index contributed by atoms with van der Waals surface area (Å²) in [5.74, 6) is 0. The van der Waals surface area contributed by atoms with Crippen LogP contribution in [0, 0.1) is 5.41 Å². The highest BCUT2D eigenvalue weighted by Crippen LogP contribution is 2.44. The van der Waals surface area contributed by atoms with Crippen molar-refractivity contribution in [2.24, 2.45) is 5.41 Å². The molecule has 2 fully saturated rings. The van der Waals surface area contributed by atoms with Crippen molar-refractivity contribution in [2.75, 3.05) is 0 Å². The number of nitrogens with one attached hydrogen (secondary N) is 1. The molecule has 3 atom stereocenters. The molecule has 2 N–H and O–H groups in total. The summed E-state index contributed by atoms with van der Waals surface area (Å²) >= 11 is 0. The first-order valence-corrected chi connectivity index (χ1v) is 5.39. The fourth-order valence-electron chi connectivity index (χ4n) is 2.74. The highest BCUT2D eigenvalue weighted by molar-refractivity contribution is 5.04. The van der Waals surface area contributed by atoms with Crippen molar-refractivity contribution in [1.29, 1.82) is 0 Å². The maximum absolute atomic E-state index is 10.5. The van der Waals surface area contributed by atoms with Crippen LogP contribution in [-0.4, -0.2) is 22.8 Å². The molecule has 2 saturated heterocycles. The van der Waals surface area contributed by atoms with Crippen LogP contribution < -0.4 is 5.32 Å². The number of hydrogen-bond donors (Lipinski definition) is 2. The molecule has 1 unspecified atom stereocenters. The van der Waals surface area contributed by atoms with Gasteiger partial charge >= 0.3 is 0 Å². The SMILES string of the molecule is CC(C)(C)C1(O)C[C@H]2CC[C@@H](C1)N2. The lowest BCUT2D eigenvalue weighted by molar-refractivity contribution is -0.0915. The molecule has 0 amide bonds. The third-order valence-corrected chi connectivity index (χ3v) is 3.90. The van der Waals surface area contributed by atoms with E-state index in [-0.39, 0.29) is 5.41 Å². The van der Waals surface area contributed by atoms with Crippen LogP contribution in [0.1, 0.15) is 46.5 Å². The molecule has 2 nitrogen and oxygen atoms in total. The second-order valence-electron chi connectivity index (χ2n) is 5.83. The summed E-state index contributed by atoms with van der Waals surface area (Å²) in [4.78, 5) is 0. The first kappa shape index (κ1) is 9.47. The molecule has 0 spiro atoms. The summed E-state index contributed by atoms with van der Waals surface area (Å²) in [6, 6.07) is 1.14. The molecule has 2 bridgehead atoms. The molecule has 0 aromatic heterocycles. The Labute approximate surface area is 80.7 Å². The second kappa shape index (κ2) is 2.71. The van der Waals surface area contributed by atoms with Crippen LogP contribution in [0.5, 0.6) is 0 Å². The van der Waals surface area contributed by atoms with Crippen molar-refractivity contribution in [2.45, 2.75) is 64.1 Å². The van der Waals surface area contributed by atoms with E-state index in [9.17, 15) is 5.11 Å². The summed E-state index contributed by atoms with van der Waals surface area (Å²) in [6.45, 7) is 6.45. The Bertz CT molecular complexity index is 195. The van der Waals surface area contributed by atoms with Crippen LogP contribution >= 0.6 is 0 Å². The van der Waals surface area contributed by atoms with Gasteiger partial charge in [0.1, 0.15) is 0 Å². The van der Waals surface area contributed by atoms with Crippen LogP contribution in [0.25, 0.3) is 0 Å². The molecule has 2 aliphatic rings. The molecule has 0 aromatic carbocycles. The third kappa shape index (κ3) is 1.50. The maximum Gasteiger partial charge on any atom is 0.0725 e. The summed E-state index contributed by atoms with van der Waals surface area (Å²) in [5, 5.41) is 14.1. The lowest BCUT2D eigenvalue weighted by Gasteiger charge is -2.46.